The number of nitrogen functional groups attached to an aromatic ring is 1. The minimum atomic E-state index is -0.619. The molecule has 1 amide bonds. The smallest absolute Gasteiger partial charge is 0.360 e. The number of rotatable bonds is 3. The second kappa shape index (κ2) is 5.33. The minimum absolute atomic E-state index is 0.0263. The van der Waals surface area contributed by atoms with Crippen molar-refractivity contribution in [3.63, 3.8) is 0 Å². The van der Waals surface area contributed by atoms with E-state index in [4.69, 9.17) is 11.5 Å². The van der Waals surface area contributed by atoms with E-state index in [1.165, 1.54) is 18.0 Å². The fraction of sp³-hybridized carbons (Fsp3) is 0.0833. The number of nitrogens with zero attached hydrogens (tertiary/aromatic N) is 2. The molecule has 0 bridgehead atoms. The number of primary amides is 1. The van der Waals surface area contributed by atoms with E-state index >= 15 is 0 Å². The monoisotopic (exact) mass is 338 g/mol. The number of carbonyl (C=O) groups is 2. The lowest BCUT2D eigenvalue weighted by Crippen LogP contribution is -2.11. The van der Waals surface area contributed by atoms with E-state index in [0.717, 1.165) is 0 Å². The molecule has 1 aromatic heterocycles. The van der Waals surface area contributed by atoms with E-state index in [1.807, 2.05) is 0 Å². The summed E-state index contributed by atoms with van der Waals surface area (Å²) in [4.78, 5) is 22.5. The van der Waals surface area contributed by atoms with Gasteiger partial charge in [0.15, 0.2) is 5.69 Å². The highest BCUT2D eigenvalue weighted by Crippen LogP contribution is 2.24. The largest absolute Gasteiger partial charge is 0.464 e. The van der Waals surface area contributed by atoms with Crippen LogP contribution in [0.25, 0.3) is 5.69 Å². The van der Waals surface area contributed by atoms with Crippen molar-refractivity contribution in [3.05, 3.63) is 40.1 Å². The van der Waals surface area contributed by atoms with E-state index < -0.39 is 11.9 Å². The van der Waals surface area contributed by atoms with Crippen LogP contribution in [0.15, 0.2) is 28.9 Å². The third kappa shape index (κ3) is 2.50. The quantitative estimate of drug-likeness (QED) is 0.813. The van der Waals surface area contributed by atoms with Gasteiger partial charge in [0, 0.05) is 10.0 Å². The number of aromatic nitrogens is 2. The molecule has 104 valence electrons. The van der Waals surface area contributed by atoms with Gasteiger partial charge < -0.3 is 16.2 Å². The maximum Gasteiger partial charge on any atom is 0.360 e. The molecule has 1 heterocycles. The van der Waals surface area contributed by atoms with Crippen LogP contribution in [0, 0.1) is 0 Å². The van der Waals surface area contributed by atoms with Crippen LogP contribution in [0.3, 0.4) is 0 Å². The van der Waals surface area contributed by atoms with Crippen LogP contribution in [0.1, 0.15) is 20.8 Å². The van der Waals surface area contributed by atoms with Gasteiger partial charge in [0.05, 0.1) is 24.7 Å². The Morgan fingerprint density at radius 2 is 2.10 bits per heavy atom. The molecule has 0 fully saturated rings. The number of esters is 1. The standard InChI is InChI=1S/C12H11BrN4O3/c1-20-12(19)10-8(14)5-17(16-10)9-3-2-6(11(15)18)4-7(9)13/h2-5H,14H2,1H3,(H2,15,18). The number of halogens is 1. The summed E-state index contributed by atoms with van der Waals surface area (Å²) in [5, 5.41) is 4.06. The van der Waals surface area contributed by atoms with Crippen LogP contribution in [0.5, 0.6) is 0 Å². The number of amides is 1. The first-order chi connectivity index (χ1) is 9.43. The van der Waals surface area contributed by atoms with Crippen molar-refractivity contribution in [2.75, 3.05) is 12.8 Å². The average molecular weight is 339 g/mol. The molecule has 20 heavy (non-hydrogen) atoms. The normalized spacial score (nSPS) is 10.3. The molecule has 1 aromatic carbocycles. The highest BCUT2D eigenvalue weighted by atomic mass is 79.9. The molecule has 0 saturated heterocycles. The molecule has 0 aliphatic carbocycles. The SMILES string of the molecule is COC(=O)c1nn(-c2ccc(C(N)=O)cc2Br)cc1N. The molecule has 4 N–H and O–H groups in total. The summed E-state index contributed by atoms with van der Waals surface area (Å²) in [5.74, 6) is -1.15. The summed E-state index contributed by atoms with van der Waals surface area (Å²) in [6.45, 7) is 0. The van der Waals surface area contributed by atoms with Crippen molar-refractivity contribution in [3.8, 4) is 5.69 Å². The topological polar surface area (TPSA) is 113 Å². The third-order valence-electron chi connectivity index (χ3n) is 2.60. The lowest BCUT2D eigenvalue weighted by molar-refractivity contribution is 0.0594. The Morgan fingerprint density at radius 1 is 1.40 bits per heavy atom. The van der Waals surface area contributed by atoms with Crippen molar-refractivity contribution in [1.82, 2.24) is 9.78 Å². The molecule has 2 rings (SSSR count). The summed E-state index contributed by atoms with van der Waals surface area (Å²) in [7, 11) is 1.25. The first-order valence-electron chi connectivity index (χ1n) is 5.47. The van der Waals surface area contributed by atoms with Crippen LogP contribution >= 0.6 is 15.9 Å². The first kappa shape index (κ1) is 14.1. The van der Waals surface area contributed by atoms with E-state index in [2.05, 4.69) is 25.8 Å². The number of anilines is 1. The Morgan fingerprint density at radius 3 is 2.65 bits per heavy atom. The van der Waals surface area contributed by atoms with E-state index in [0.29, 0.717) is 15.7 Å². The first-order valence-corrected chi connectivity index (χ1v) is 6.26. The number of benzene rings is 1. The van der Waals surface area contributed by atoms with Gasteiger partial charge in [-0.15, -0.1) is 0 Å². The van der Waals surface area contributed by atoms with Crippen LogP contribution < -0.4 is 11.5 Å². The van der Waals surface area contributed by atoms with Crippen molar-refractivity contribution in [1.29, 1.82) is 0 Å². The lowest BCUT2D eigenvalue weighted by atomic mass is 10.2. The Hall–Kier alpha value is -2.35. The second-order valence-corrected chi connectivity index (χ2v) is 4.75. The highest BCUT2D eigenvalue weighted by Gasteiger charge is 2.17. The predicted molar refractivity (Wildman–Crippen MR) is 75.5 cm³/mol. The maximum absolute atomic E-state index is 11.5. The summed E-state index contributed by atoms with van der Waals surface area (Å²) in [5.41, 5.74) is 12.1. The van der Waals surface area contributed by atoms with Gasteiger partial charge in [-0.3, -0.25) is 4.79 Å². The number of carbonyl (C=O) groups excluding carboxylic acids is 2. The van der Waals surface area contributed by atoms with Gasteiger partial charge in [0.1, 0.15) is 0 Å². The zero-order chi connectivity index (χ0) is 14.9. The number of nitrogens with two attached hydrogens (primary N) is 2. The minimum Gasteiger partial charge on any atom is -0.464 e. The molecule has 0 radical (unpaired) electrons. The van der Waals surface area contributed by atoms with Gasteiger partial charge in [-0.1, -0.05) is 0 Å². The molecule has 0 aliphatic heterocycles. The number of ether oxygens (including phenoxy) is 1. The van der Waals surface area contributed by atoms with Gasteiger partial charge in [-0.2, -0.15) is 5.10 Å². The summed E-state index contributed by atoms with van der Waals surface area (Å²) in [6.07, 6.45) is 1.48. The van der Waals surface area contributed by atoms with Crippen LogP contribution in [0.4, 0.5) is 5.69 Å². The van der Waals surface area contributed by atoms with Crippen LogP contribution in [0.2, 0.25) is 0 Å². The van der Waals surface area contributed by atoms with E-state index in [9.17, 15) is 9.59 Å². The Labute approximate surface area is 122 Å². The predicted octanol–water partition coefficient (Wildman–Crippen LogP) is 1.10. The number of methoxy groups -OCH3 is 1. The maximum atomic E-state index is 11.5. The lowest BCUT2D eigenvalue weighted by Gasteiger charge is -2.05. The van der Waals surface area contributed by atoms with Crippen molar-refractivity contribution < 1.29 is 14.3 Å². The Bertz CT molecular complexity index is 696. The zero-order valence-electron chi connectivity index (χ0n) is 10.5. The van der Waals surface area contributed by atoms with Crippen molar-refractivity contribution in [2.45, 2.75) is 0 Å². The Balaban J connectivity index is 2.47. The molecule has 8 heteroatoms. The molecule has 0 saturated carbocycles. The molecular formula is C12H11BrN4O3. The molecule has 0 atom stereocenters. The van der Waals surface area contributed by atoms with Gasteiger partial charge in [-0.05, 0) is 34.1 Å². The molecule has 0 spiro atoms. The van der Waals surface area contributed by atoms with Gasteiger partial charge >= 0.3 is 5.97 Å². The van der Waals surface area contributed by atoms with Crippen LogP contribution in [-0.4, -0.2) is 28.8 Å². The molecule has 0 unspecified atom stereocenters. The molecule has 2 aromatic rings. The van der Waals surface area contributed by atoms with Gasteiger partial charge in [0.25, 0.3) is 0 Å². The highest BCUT2D eigenvalue weighted by molar-refractivity contribution is 9.10. The fourth-order valence-corrected chi connectivity index (χ4v) is 2.17. The van der Waals surface area contributed by atoms with E-state index in [1.54, 1.807) is 18.2 Å². The summed E-state index contributed by atoms with van der Waals surface area (Å²) in [6, 6.07) is 4.75. The molecule has 7 nitrogen and oxygen atoms in total. The fourth-order valence-electron chi connectivity index (χ4n) is 1.61. The van der Waals surface area contributed by atoms with Crippen molar-refractivity contribution in [2.24, 2.45) is 5.73 Å². The van der Waals surface area contributed by atoms with E-state index in [-0.39, 0.29) is 11.4 Å². The molecule has 0 aliphatic rings. The summed E-state index contributed by atoms with van der Waals surface area (Å²) < 4.78 is 6.58. The second-order valence-electron chi connectivity index (χ2n) is 3.90. The van der Waals surface area contributed by atoms with Crippen LogP contribution in [-0.2, 0) is 4.74 Å². The summed E-state index contributed by atoms with van der Waals surface area (Å²) >= 11 is 3.31. The number of hydrogen-bond donors (Lipinski definition) is 2. The molecular weight excluding hydrogens is 328 g/mol. The van der Waals surface area contributed by atoms with Crippen molar-refractivity contribution >= 4 is 33.5 Å². The third-order valence-corrected chi connectivity index (χ3v) is 3.24. The van der Waals surface area contributed by atoms with Gasteiger partial charge in [0.2, 0.25) is 5.91 Å². The number of hydrogen-bond acceptors (Lipinski definition) is 5. The zero-order valence-corrected chi connectivity index (χ0v) is 12.0. The average Bonchev–Trinajstić information content (AvgIpc) is 2.79. The van der Waals surface area contributed by atoms with Gasteiger partial charge in [-0.25, -0.2) is 9.48 Å². The Kier molecular flexibility index (Phi) is 3.75.